The third-order valence-corrected chi connectivity index (χ3v) is 1.25. The summed E-state index contributed by atoms with van der Waals surface area (Å²) in [5, 5.41) is 0. The van der Waals surface area contributed by atoms with Gasteiger partial charge in [-0.1, -0.05) is 0 Å². The maximum absolute atomic E-state index is 10.9. The highest BCUT2D eigenvalue weighted by molar-refractivity contribution is 5.91. The summed E-state index contributed by atoms with van der Waals surface area (Å²) < 4.78 is 9.13. The molecule has 6 heteroatoms. The Labute approximate surface area is 93.1 Å². The zero-order valence-corrected chi connectivity index (χ0v) is 8.51. The summed E-state index contributed by atoms with van der Waals surface area (Å²) in [5.74, 6) is -1.41. The number of nitrogens with zero attached hydrogens (tertiary/aromatic N) is 2. The minimum atomic E-state index is -0.703. The fourth-order valence-corrected chi connectivity index (χ4v) is 0.616. The lowest BCUT2D eigenvalue weighted by Gasteiger charge is -1.96. The van der Waals surface area contributed by atoms with Crippen LogP contribution in [0, 0.1) is 13.1 Å². The van der Waals surface area contributed by atoms with Gasteiger partial charge in [-0.3, -0.25) is 0 Å². The Kier molecular flexibility index (Phi) is 7.88. The summed E-state index contributed by atoms with van der Waals surface area (Å²) >= 11 is 0. The van der Waals surface area contributed by atoms with Gasteiger partial charge in [0, 0.05) is 12.2 Å². The fraction of sp³-hybridized carbons (Fsp3) is 0.400. The van der Waals surface area contributed by atoms with Crippen LogP contribution in [0.15, 0.2) is 12.2 Å². The molecule has 6 nitrogen and oxygen atoms in total. The molecule has 0 saturated heterocycles. The molecule has 0 spiro atoms. The highest BCUT2D eigenvalue weighted by atomic mass is 16.5. The first-order valence-electron chi connectivity index (χ1n) is 4.38. The normalized spacial score (nSPS) is 9.12. The van der Waals surface area contributed by atoms with Crippen LogP contribution in [-0.4, -0.2) is 38.2 Å². The summed E-state index contributed by atoms with van der Waals surface area (Å²) in [7, 11) is 0. The summed E-state index contributed by atoms with van der Waals surface area (Å²) in [6, 6.07) is 0. The summed E-state index contributed by atoms with van der Waals surface area (Å²) in [6.07, 6.45) is 1.84. The summed E-state index contributed by atoms with van der Waals surface area (Å²) in [5.41, 5.74) is 0. The molecule has 0 radical (unpaired) electrons. The summed E-state index contributed by atoms with van der Waals surface area (Å²) in [6.45, 7) is 13.0. The van der Waals surface area contributed by atoms with E-state index in [0.717, 1.165) is 12.2 Å². The molecule has 0 amide bonds. The van der Waals surface area contributed by atoms with Gasteiger partial charge in [0.05, 0.1) is 0 Å². The third kappa shape index (κ3) is 8.27. The van der Waals surface area contributed by atoms with Crippen molar-refractivity contribution in [1.29, 1.82) is 0 Å². The van der Waals surface area contributed by atoms with Gasteiger partial charge < -0.3 is 19.2 Å². The molecule has 0 heterocycles. The molecule has 0 aromatic heterocycles. The lowest BCUT2D eigenvalue weighted by molar-refractivity contribution is -0.140. The molecule has 0 saturated carbocycles. The van der Waals surface area contributed by atoms with Crippen LogP contribution in [0.2, 0.25) is 0 Å². The maximum Gasteiger partial charge on any atom is 0.331 e. The molecule has 0 bridgehead atoms. The van der Waals surface area contributed by atoms with Crippen molar-refractivity contribution in [3.05, 3.63) is 35.0 Å². The second-order valence-electron chi connectivity index (χ2n) is 2.43. The first kappa shape index (κ1) is 13.7. The van der Waals surface area contributed by atoms with Crippen LogP contribution >= 0.6 is 0 Å². The van der Waals surface area contributed by atoms with Crippen molar-refractivity contribution in [2.45, 2.75) is 0 Å². The van der Waals surface area contributed by atoms with Gasteiger partial charge in [0.2, 0.25) is 13.1 Å². The Morgan fingerprint density at radius 1 is 0.938 bits per heavy atom. The van der Waals surface area contributed by atoms with Crippen molar-refractivity contribution < 1.29 is 19.1 Å². The molecule has 0 aromatic rings. The number of hydrogen-bond donors (Lipinski definition) is 0. The Balaban J connectivity index is 3.73. The highest BCUT2D eigenvalue weighted by Crippen LogP contribution is 1.86. The topological polar surface area (TPSA) is 61.3 Å². The standard InChI is InChI=1S/C10H10N2O4/c1-11-5-7-15-9(13)3-4-10(14)16-8-6-12-2/h3-4H,5-8H2. The largest absolute Gasteiger partial charge is 0.455 e. The van der Waals surface area contributed by atoms with Crippen molar-refractivity contribution >= 4 is 11.9 Å². The highest BCUT2D eigenvalue weighted by Gasteiger charge is 2.01. The lowest BCUT2D eigenvalue weighted by Crippen LogP contribution is -2.07. The molecule has 0 N–H and O–H groups in total. The minimum absolute atomic E-state index is 0.000552. The van der Waals surface area contributed by atoms with Gasteiger partial charge in [-0.05, 0) is 0 Å². The van der Waals surface area contributed by atoms with Crippen LogP contribution in [0.3, 0.4) is 0 Å². The van der Waals surface area contributed by atoms with Gasteiger partial charge in [0.1, 0.15) is 0 Å². The molecule has 0 rings (SSSR count). The molecule has 0 atom stereocenters. The average molecular weight is 222 g/mol. The lowest BCUT2D eigenvalue weighted by atomic mass is 10.5. The number of rotatable bonds is 6. The van der Waals surface area contributed by atoms with E-state index < -0.39 is 11.9 Å². The van der Waals surface area contributed by atoms with Gasteiger partial charge >= 0.3 is 11.9 Å². The van der Waals surface area contributed by atoms with E-state index in [9.17, 15) is 9.59 Å². The van der Waals surface area contributed by atoms with Crippen LogP contribution in [0.5, 0.6) is 0 Å². The van der Waals surface area contributed by atoms with E-state index in [2.05, 4.69) is 19.2 Å². The Bertz CT molecular complexity index is 315. The van der Waals surface area contributed by atoms with E-state index in [1.165, 1.54) is 0 Å². The van der Waals surface area contributed by atoms with Crippen molar-refractivity contribution in [1.82, 2.24) is 0 Å². The van der Waals surface area contributed by atoms with Crippen LogP contribution in [0.25, 0.3) is 9.69 Å². The van der Waals surface area contributed by atoms with Crippen molar-refractivity contribution in [2.75, 3.05) is 26.3 Å². The Morgan fingerprint density at radius 2 is 1.31 bits per heavy atom. The van der Waals surface area contributed by atoms with E-state index >= 15 is 0 Å². The zero-order valence-electron chi connectivity index (χ0n) is 8.51. The van der Waals surface area contributed by atoms with E-state index in [1.54, 1.807) is 0 Å². The van der Waals surface area contributed by atoms with Crippen molar-refractivity contribution in [3.8, 4) is 0 Å². The van der Waals surface area contributed by atoms with Gasteiger partial charge in [-0.2, -0.15) is 0 Å². The SMILES string of the molecule is [C-]#[N+]CCOC(=O)C=CC(=O)OCC[N+]#[C-]. The van der Waals surface area contributed by atoms with E-state index in [4.69, 9.17) is 13.1 Å². The number of hydrogen-bond acceptors (Lipinski definition) is 4. The number of carbonyl (C=O) groups excluding carboxylic acids is 2. The molecule has 84 valence electrons. The van der Waals surface area contributed by atoms with Crippen LogP contribution in [-0.2, 0) is 19.1 Å². The summed E-state index contributed by atoms with van der Waals surface area (Å²) in [4.78, 5) is 27.7. The van der Waals surface area contributed by atoms with Gasteiger partial charge in [0.25, 0.3) is 0 Å². The smallest absolute Gasteiger partial charge is 0.331 e. The molecular weight excluding hydrogens is 212 g/mol. The predicted molar refractivity (Wildman–Crippen MR) is 54.0 cm³/mol. The van der Waals surface area contributed by atoms with Crippen molar-refractivity contribution in [3.63, 3.8) is 0 Å². The van der Waals surface area contributed by atoms with E-state index in [0.29, 0.717) is 0 Å². The minimum Gasteiger partial charge on any atom is -0.455 e. The molecular formula is C10H10N2O4. The van der Waals surface area contributed by atoms with Gasteiger partial charge in [-0.15, -0.1) is 0 Å². The predicted octanol–water partition coefficient (Wildman–Crippen LogP) is 0.468. The zero-order chi connectivity index (χ0) is 12.2. The Hall–Kier alpha value is -2.34. The van der Waals surface area contributed by atoms with Crippen molar-refractivity contribution in [2.24, 2.45) is 0 Å². The second kappa shape index (κ2) is 9.22. The molecule has 0 aromatic carbocycles. The number of ether oxygens (including phenoxy) is 2. The van der Waals surface area contributed by atoms with Gasteiger partial charge in [-0.25, -0.2) is 22.7 Å². The number of esters is 2. The van der Waals surface area contributed by atoms with Crippen LogP contribution < -0.4 is 0 Å². The molecule has 0 aliphatic heterocycles. The van der Waals surface area contributed by atoms with Crippen LogP contribution in [0.1, 0.15) is 0 Å². The second-order valence-corrected chi connectivity index (χ2v) is 2.43. The quantitative estimate of drug-likeness (QED) is 0.283. The monoisotopic (exact) mass is 222 g/mol. The average Bonchev–Trinajstić information content (AvgIpc) is 2.27. The maximum atomic E-state index is 10.9. The van der Waals surface area contributed by atoms with Crippen LogP contribution in [0.4, 0.5) is 0 Å². The van der Waals surface area contributed by atoms with E-state index in [1.807, 2.05) is 0 Å². The molecule has 0 fully saturated rings. The molecule has 0 aliphatic carbocycles. The van der Waals surface area contributed by atoms with E-state index in [-0.39, 0.29) is 26.3 Å². The van der Waals surface area contributed by atoms with Gasteiger partial charge in [0.15, 0.2) is 13.2 Å². The molecule has 0 aliphatic rings. The molecule has 16 heavy (non-hydrogen) atoms. The number of carbonyl (C=O) groups is 2. The Morgan fingerprint density at radius 3 is 1.62 bits per heavy atom. The first-order chi connectivity index (χ1) is 7.70. The third-order valence-electron chi connectivity index (χ3n) is 1.25. The first-order valence-corrected chi connectivity index (χ1v) is 4.38. The molecule has 0 unspecified atom stereocenters. The fourth-order valence-electron chi connectivity index (χ4n) is 0.616.